The van der Waals surface area contributed by atoms with Crippen molar-refractivity contribution in [1.29, 1.82) is 0 Å². The van der Waals surface area contributed by atoms with Gasteiger partial charge in [0, 0.05) is 0 Å². The van der Waals surface area contributed by atoms with Crippen LogP contribution in [0.3, 0.4) is 0 Å². The predicted molar refractivity (Wildman–Crippen MR) is 52.7 cm³/mol. The Labute approximate surface area is 71.0 Å². The Balaban J connectivity index is 3.51. The van der Waals surface area contributed by atoms with Crippen LogP contribution in [0.4, 0.5) is 0 Å². The van der Waals surface area contributed by atoms with Crippen LogP contribution in [0.15, 0.2) is 23.8 Å². The summed E-state index contributed by atoms with van der Waals surface area (Å²) in [5, 5.41) is 0. The van der Waals surface area contributed by atoms with Gasteiger partial charge in [0.25, 0.3) is 0 Å². The van der Waals surface area contributed by atoms with E-state index in [2.05, 4.69) is 26.5 Å². The first-order valence-electron chi connectivity index (χ1n) is 4.49. The fourth-order valence-electron chi connectivity index (χ4n) is 1.15. The Kier molecular flexibility index (Phi) is 5.91. The maximum atomic E-state index is 3.85. The second-order valence-corrected chi connectivity index (χ2v) is 3.29. The van der Waals surface area contributed by atoms with Crippen LogP contribution in [-0.2, 0) is 0 Å². The van der Waals surface area contributed by atoms with Gasteiger partial charge in [0.05, 0.1) is 0 Å². The fraction of sp³-hybridized carbons (Fsp3) is 0.636. The number of hydrogen-bond acceptors (Lipinski definition) is 0. The van der Waals surface area contributed by atoms with Gasteiger partial charge in [0.2, 0.25) is 0 Å². The van der Waals surface area contributed by atoms with E-state index in [0.29, 0.717) is 0 Å². The standard InChI is InChI=1S/C11H20/c1-5-6-7-8-11(4)9-10(2)3/h9H,2,5-8H2,1,3-4H3. The summed E-state index contributed by atoms with van der Waals surface area (Å²) in [6.45, 7) is 10.3. The highest BCUT2D eigenvalue weighted by molar-refractivity contribution is 5.16. The summed E-state index contributed by atoms with van der Waals surface area (Å²) in [7, 11) is 0. The van der Waals surface area contributed by atoms with Crippen molar-refractivity contribution in [2.24, 2.45) is 0 Å². The van der Waals surface area contributed by atoms with Crippen molar-refractivity contribution >= 4 is 0 Å². The molecule has 0 radical (unpaired) electrons. The number of unbranched alkanes of at least 4 members (excludes halogenated alkanes) is 2. The second kappa shape index (κ2) is 6.21. The van der Waals surface area contributed by atoms with E-state index in [1.165, 1.54) is 36.8 Å². The fourth-order valence-corrected chi connectivity index (χ4v) is 1.15. The molecule has 0 aromatic heterocycles. The molecule has 11 heavy (non-hydrogen) atoms. The molecule has 0 nitrogen and oxygen atoms in total. The van der Waals surface area contributed by atoms with E-state index >= 15 is 0 Å². The predicted octanol–water partition coefficient (Wildman–Crippen LogP) is 4.09. The molecule has 0 heterocycles. The molecule has 0 saturated heterocycles. The van der Waals surface area contributed by atoms with Crippen LogP contribution < -0.4 is 0 Å². The van der Waals surface area contributed by atoms with Gasteiger partial charge >= 0.3 is 0 Å². The molecule has 0 spiro atoms. The molecule has 0 aliphatic rings. The minimum absolute atomic E-state index is 1.17. The summed E-state index contributed by atoms with van der Waals surface area (Å²) in [4.78, 5) is 0. The molecule has 0 aromatic carbocycles. The van der Waals surface area contributed by atoms with E-state index in [-0.39, 0.29) is 0 Å². The third-order valence-corrected chi connectivity index (χ3v) is 1.67. The average molecular weight is 152 g/mol. The van der Waals surface area contributed by atoms with Gasteiger partial charge in [-0.1, -0.05) is 43.6 Å². The van der Waals surface area contributed by atoms with Crippen molar-refractivity contribution in [2.45, 2.75) is 46.5 Å². The molecule has 0 amide bonds. The van der Waals surface area contributed by atoms with E-state index in [4.69, 9.17) is 0 Å². The lowest BCUT2D eigenvalue weighted by Gasteiger charge is -1.99. The Morgan fingerprint density at radius 3 is 2.36 bits per heavy atom. The van der Waals surface area contributed by atoms with Gasteiger partial charge in [-0.2, -0.15) is 0 Å². The summed E-state index contributed by atoms with van der Waals surface area (Å²) < 4.78 is 0. The van der Waals surface area contributed by atoms with Gasteiger partial charge in [-0.25, -0.2) is 0 Å². The maximum Gasteiger partial charge on any atom is -0.0320 e. The molecular weight excluding hydrogens is 132 g/mol. The summed E-state index contributed by atoms with van der Waals surface area (Å²) in [5.41, 5.74) is 2.63. The van der Waals surface area contributed by atoms with Crippen LogP contribution in [0, 0.1) is 0 Å². The largest absolute Gasteiger partial charge is 0.0961 e. The van der Waals surface area contributed by atoms with E-state index < -0.39 is 0 Å². The molecular formula is C11H20. The van der Waals surface area contributed by atoms with Crippen LogP contribution in [0.25, 0.3) is 0 Å². The normalized spacial score (nSPS) is 11.7. The highest BCUT2D eigenvalue weighted by atomic mass is 14.0. The quantitative estimate of drug-likeness (QED) is 0.411. The number of hydrogen-bond donors (Lipinski definition) is 0. The lowest BCUT2D eigenvalue weighted by molar-refractivity contribution is 0.713. The van der Waals surface area contributed by atoms with Gasteiger partial charge in [0.1, 0.15) is 0 Å². The number of rotatable bonds is 5. The highest BCUT2D eigenvalue weighted by Gasteiger charge is 1.89. The lowest BCUT2D eigenvalue weighted by Crippen LogP contribution is -1.79. The lowest BCUT2D eigenvalue weighted by atomic mass is 10.1. The Hall–Kier alpha value is -0.520. The summed E-state index contributed by atoms with van der Waals surface area (Å²) >= 11 is 0. The topological polar surface area (TPSA) is 0 Å². The molecule has 0 heteroatoms. The van der Waals surface area contributed by atoms with Crippen molar-refractivity contribution in [3.05, 3.63) is 23.8 Å². The molecule has 0 aromatic rings. The third-order valence-electron chi connectivity index (χ3n) is 1.67. The molecule has 0 fully saturated rings. The molecule has 0 aliphatic carbocycles. The zero-order chi connectivity index (χ0) is 8.69. The molecule has 0 bridgehead atoms. The summed E-state index contributed by atoms with van der Waals surface area (Å²) in [5.74, 6) is 0. The highest BCUT2D eigenvalue weighted by Crippen LogP contribution is 2.09. The smallest absolute Gasteiger partial charge is 0.0320 e. The SMILES string of the molecule is C=C(C)C=C(C)CCCCC. The van der Waals surface area contributed by atoms with Gasteiger partial charge < -0.3 is 0 Å². The Bertz CT molecular complexity index is 140. The van der Waals surface area contributed by atoms with Crippen molar-refractivity contribution in [3.8, 4) is 0 Å². The van der Waals surface area contributed by atoms with E-state index in [0.717, 1.165) is 0 Å². The van der Waals surface area contributed by atoms with E-state index in [1.54, 1.807) is 0 Å². The molecule has 0 atom stereocenters. The molecule has 0 saturated carbocycles. The van der Waals surface area contributed by atoms with Crippen LogP contribution in [-0.4, -0.2) is 0 Å². The molecule has 0 N–H and O–H groups in total. The maximum absolute atomic E-state index is 3.85. The minimum Gasteiger partial charge on any atom is -0.0961 e. The molecule has 0 unspecified atom stereocenters. The molecule has 64 valence electrons. The minimum atomic E-state index is 1.17. The van der Waals surface area contributed by atoms with E-state index in [9.17, 15) is 0 Å². The average Bonchev–Trinajstić information content (AvgIpc) is 1.86. The summed E-state index contributed by atoms with van der Waals surface area (Å²) in [6, 6.07) is 0. The van der Waals surface area contributed by atoms with Crippen molar-refractivity contribution in [1.82, 2.24) is 0 Å². The Morgan fingerprint density at radius 2 is 1.91 bits per heavy atom. The van der Waals surface area contributed by atoms with Crippen LogP contribution >= 0.6 is 0 Å². The Morgan fingerprint density at radius 1 is 1.27 bits per heavy atom. The first-order valence-corrected chi connectivity index (χ1v) is 4.49. The number of allylic oxidation sites excluding steroid dienone is 3. The third kappa shape index (κ3) is 7.38. The van der Waals surface area contributed by atoms with Crippen LogP contribution in [0.5, 0.6) is 0 Å². The van der Waals surface area contributed by atoms with Crippen molar-refractivity contribution in [3.63, 3.8) is 0 Å². The molecule has 0 aliphatic heterocycles. The van der Waals surface area contributed by atoms with Crippen molar-refractivity contribution < 1.29 is 0 Å². The monoisotopic (exact) mass is 152 g/mol. The van der Waals surface area contributed by atoms with Gasteiger partial charge in [-0.15, -0.1) is 0 Å². The molecule has 0 rings (SSSR count). The first-order chi connectivity index (χ1) is 5.16. The van der Waals surface area contributed by atoms with Crippen LogP contribution in [0.1, 0.15) is 46.5 Å². The van der Waals surface area contributed by atoms with Gasteiger partial charge in [0.15, 0.2) is 0 Å². The van der Waals surface area contributed by atoms with Crippen molar-refractivity contribution in [2.75, 3.05) is 0 Å². The van der Waals surface area contributed by atoms with Gasteiger partial charge in [-0.3, -0.25) is 0 Å². The van der Waals surface area contributed by atoms with E-state index in [1.807, 2.05) is 6.92 Å². The zero-order valence-corrected chi connectivity index (χ0v) is 8.11. The first kappa shape index (κ1) is 10.5. The van der Waals surface area contributed by atoms with Crippen LogP contribution in [0.2, 0.25) is 0 Å². The summed E-state index contributed by atoms with van der Waals surface area (Å²) in [6.07, 6.45) is 7.39. The van der Waals surface area contributed by atoms with Gasteiger partial charge in [-0.05, 0) is 26.7 Å². The second-order valence-electron chi connectivity index (χ2n) is 3.29. The zero-order valence-electron chi connectivity index (χ0n) is 8.11.